The number of rotatable bonds is 1. The Balaban J connectivity index is 2.33. The van der Waals surface area contributed by atoms with Crippen molar-refractivity contribution in [2.24, 2.45) is 5.11 Å². The third-order valence-corrected chi connectivity index (χ3v) is 1.77. The van der Waals surface area contributed by atoms with Crippen molar-refractivity contribution >= 4 is 6.08 Å². The van der Waals surface area contributed by atoms with E-state index < -0.39 is 6.23 Å². The van der Waals surface area contributed by atoms with Crippen molar-refractivity contribution in [3.63, 3.8) is 0 Å². The summed E-state index contributed by atoms with van der Waals surface area (Å²) in [5.74, 6) is 0.752. The van der Waals surface area contributed by atoms with Gasteiger partial charge < -0.3 is 4.74 Å². The summed E-state index contributed by atoms with van der Waals surface area (Å²) in [5.41, 5.74) is 9.22. The van der Waals surface area contributed by atoms with Crippen LogP contribution in [0.2, 0.25) is 0 Å². The lowest BCUT2D eigenvalue weighted by Gasteiger charge is -2.16. The smallest absolute Gasteiger partial charge is 0.196 e. The Hall–Kier alpha value is -1.93. The summed E-state index contributed by atoms with van der Waals surface area (Å²) in [7, 11) is 0. The molecule has 1 aliphatic rings. The van der Waals surface area contributed by atoms with Crippen LogP contribution in [-0.2, 0) is 0 Å². The number of fused-ring (bicyclic) bond motifs is 1. The fourth-order valence-electron chi connectivity index (χ4n) is 1.19. The molecule has 1 unspecified atom stereocenters. The van der Waals surface area contributed by atoms with Crippen molar-refractivity contribution in [3.8, 4) is 5.75 Å². The van der Waals surface area contributed by atoms with E-state index in [1.54, 1.807) is 6.08 Å². The molecule has 1 aromatic rings. The van der Waals surface area contributed by atoms with E-state index in [0.29, 0.717) is 0 Å². The summed E-state index contributed by atoms with van der Waals surface area (Å²) in [6.45, 7) is 0. The molecule has 0 spiro atoms. The second kappa shape index (κ2) is 3.21. The average molecular weight is 173 g/mol. The molecule has 13 heavy (non-hydrogen) atoms. The summed E-state index contributed by atoms with van der Waals surface area (Å²) in [4.78, 5) is 2.68. The molecule has 64 valence electrons. The van der Waals surface area contributed by atoms with E-state index in [1.165, 1.54) is 0 Å². The van der Waals surface area contributed by atoms with Crippen LogP contribution >= 0.6 is 0 Å². The molecular formula is C9H7N3O. The van der Waals surface area contributed by atoms with E-state index in [9.17, 15) is 0 Å². The molecule has 4 heteroatoms. The summed E-state index contributed by atoms with van der Waals surface area (Å²) < 4.78 is 5.37. The molecule has 0 bridgehead atoms. The number of nitrogens with zero attached hydrogens (tertiary/aromatic N) is 3. The molecule has 0 amide bonds. The molecule has 0 saturated heterocycles. The first kappa shape index (κ1) is 7.71. The lowest BCUT2D eigenvalue weighted by atomic mass is 10.1. The van der Waals surface area contributed by atoms with Crippen molar-refractivity contribution in [1.82, 2.24) is 0 Å². The van der Waals surface area contributed by atoms with E-state index in [2.05, 4.69) is 10.0 Å². The minimum Gasteiger partial charge on any atom is -0.480 e. The highest BCUT2D eigenvalue weighted by Crippen LogP contribution is 2.25. The summed E-state index contributed by atoms with van der Waals surface area (Å²) in [5, 5.41) is 3.45. The molecule has 0 N–H and O–H groups in total. The lowest BCUT2D eigenvalue weighted by Crippen LogP contribution is -2.12. The summed E-state index contributed by atoms with van der Waals surface area (Å²) in [6, 6.07) is 7.60. The third kappa shape index (κ3) is 1.48. The third-order valence-electron chi connectivity index (χ3n) is 1.77. The maximum absolute atomic E-state index is 8.21. The van der Waals surface area contributed by atoms with Crippen LogP contribution in [0.25, 0.3) is 16.5 Å². The molecule has 1 aliphatic heterocycles. The van der Waals surface area contributed by atoms with Crippen LogP contribution in [-0.4, -0.2) is 6.23 Å². The van der Waals surface area contributed by atoms with Crippen LogP contribution in [0.3, 0.4) is 0 Å². The fourth-order valence-corrected chi connectivity index (χ4v) is 1.19. The zero-order valence-corrected chi connectivity index (χ0v) is 6.79. The summed E-state index contributed by atoms with van der Waals surface area (Å²) >= 11 is 0. The van der Waals surface area contributed by atoms with E-state index in [0.717, 1.165) is 11.3 Å². The maximum atomic E-state index is 8.21. The van der Waals surface area contributed by atoms with Crippen molar-refractivity contribution in [2.45, 2.75) is 6.23 Å². The summed E-state index contributed by atoms with van der Waals surface area (Å²) in [6.07, 6.45) is 3.10. The number of hydrogen-bond donors (Lipinski definition) is 0. The minimum atomic E-state index is -0.514. The van der Waals surface area contributed by atoms with Crippen LogP contribution < -0.4 is 4.74 Å². The molecule has 1 heterocycles. The van der Waals surface area contributed by atoms with Crippen LogP contribution in [0.1, 0.15) is 5.56 Å². The number of para-hydroxylation sites is 1. The van der Waals surface area contributed by atoms with Gasteiger partial charge in [-0.05, 0) is 22.8 Å². The minimum absolute atomic E-state index is 0.514. The van der Waals surface area contributed by atoms with E-state index in [1.807, 2.05) is 30.3 Å². The van der Waals surface area contributed by atoms with Crippen LogP contribution in [0.4, 0.5) is 0 Å². The largest absolute Gasteiger partial charge is 0.480 e. The van der Waals surface area contributed by atoms with Gasteiger partial charge in [-0.15, -0.1) is 0 Å². The molecule has 0 aromatic heterocycles. The number of hydrogen-bond acceptors (Lipinski definition) is 2. The van der Waals surface area contributed by atoms with E-state index in [4.69, 9.17) is 10.3 Å². The molecule has 0 aliphatic carbocycles. The second-order valence-electron chi connectivity index (χ2n) is 2.61. The quantitative estimate of drug-likeness (QED) is 0.366. The highest BCUT2D eigenvalue weighted by atomic mass is 16.5. The van der Waals surface area contributed by atoms with Gasteiger partial charge >= 0.3 is 0 Å². The lowest BCUT2D eigenvalue weighted by molar-refractivity contribution is 0.254. The molecule has 1 aromatic carbocycles. The monoisotopic (exact) mass is 173 g/mol. The first-order chi connectivity index (χ1) is 6.40. The van der Waals surface area contributed by atoms with E-state index >= 15 is 0 Å². The molecule has 2 rings (SSSR count). The fraction of sp³-hybridized carbons (Fsp3) is 0.111. The SMILES string of the molecule is [N-]=[N+]=NC1C=Cc2ccccc2O1. The molecule has 0 saturated carbocycles. The topological polar surface area (TPSA) is 58.0 Å². The van der Waals surface area contributed by atoms with Gasteiger partial charge in [-0.2, -0.15) is 0 Å². The van der Waals surface area contributed by atoms with Crippen LogP contribution in [0.15, 0.2) is 35.5 Å². The molecule has 0 fully saturated rings. The molecular weight excluding hydrogens is 166 g/mol. The van der Waals surface area contributed by atoms with Gasteiger partial charge in [0.15, 0.2) is 6.23 Å². The second-order valence-corrected chi connectivity index (χ2v) is 2.61. The first-order valence-electron chi connectivity index (χ1n) is 3.88. The standard InChI is InChI=1S/C9H7N3O/c10-12-11-9-6-5-7-3-1-2-4-8(7)13-9/h1-6,9H. The molecule has 0 radical (unpaired) electrons. The van der Waals surface area contributed by atoms with E-state index in [-0.39, 0.29) is 0 Å². The molecule has 4 nitrogen and oxygen atoms in total. The number of benzene rings is 1. The first-order valence-corrected chi connectivity index (χ1v) is 3.88. The van der Waals surface area contributed by atoms with Crippen molar-refractivity contribution in [2.75, 3.05) is 0 Å². The van der Waals surface area contributed by atoms with Crippen LogP contribution in [0, 0.1) is 0 Å². The van der Waals surface area contributed by atoms with Crippen molar-refractivity contribution < 1.29 is 4.74 Å². The zero-order valence-electron chi connectivity index (χ0n) is 6.79. The highest BCUT2D eigenvalue weighted by Gasteiger charge is 2.11. The maximum Gasteiger partial charge on any atom is 0.196 e. The van der Waals surface area contributed by atoms with Gasteiger partial charge in [-0.1, -0.05) is 24.3 Å². The predicted octanol–water partition coefficient (Wildman–Crippen LogP) is 2.73. The van der Waals surface area contributed by atoms with Gasteiger partial charge in [0.25, 0.3) is 0 Å². The van der Waals surface area contributed by atoms with Crippen molar-refractivity contribution in [3.05, 3.63) is 46.3 Å². The van der Waals surface area contributed by atoms with Gasteiger partial charge in [0.2, 0.25) is 0 Å². The van der Waals surface area contributed by atoms with Gasteiger partial charge in [0.05, 0.1) is 0 Å². The van der Waals surface area contributed by atoms with Gasteiger partial charge in [0, 0.05) is 10.5 Å². The van der Waals surface area contributed by atoms with Gasteiger partial charge in [-0.25, -0.2) is 0 Å². The number of azide groups is 1. The Kier molecular flexibility index (Phi) is 1.90. The predicted molar refractivity (Wildman–Crippen MR) is 49.0 cm³/mol. The van der Waals surface area contributed by atoms with Gasteiger partial charge in [-0.3, -0.25) is 0 Å². The van der Waals surface area contributed by atoms with Crippen molar-refractivity contribution in [1.29, 1.82) is 0 Å². The average Bonchev–Trinajstić information content (AvgIpc) is 2.18. The Morgan fingerprint density at radius 1 is 1.38 bits per heavy atom. The highest BCUT2D eigenvalue weighted by molar-refractivity contribution is 5.59. The molecule has 1 atom stereocenters. The Labute approximate surface area is 75.1 Å². The number of ether oxygens (including phenoxy) is 1. The Morgan fingerprint density at radius 2 is 2.23 bits per heavy atom. The Bertz CT molecular complexity index is 394. The normalized spacial score (nSPS) is 18.3. The van der Waals surface area contributed by atoms with Crippen LogP contribution in [0.5, 0.6) is 5.75 Å². The zero-order chi connectivity index (χ0) is 9.10. The Morgan fingerprint density at radius 3 is 3.08 bits per heavy atom. The van der Waals surface area contributed by atoms with Gasteiger partial charge in [0.1, 0.15) is 5.75 Å².